The van der Waals surface area contributed by atoms with Gasteiger partial charge in [0, 0.05) is 0 Å². The van der Waals surface area contributed by atoms with Crippen molar-refractivity contribution in [1.29, 1.82) is 0 Å². The van der Waals surface area contributed by atoms with Crippen molar-refractivity contribution < 1.29 is 82.9 Å². The van der Waals surface area contributed by atoms with Crippen LogP contribution in [0, 0.1) is 0 Å². The molecule has 4 nitrogen and oxygen atoms in total. The summed E-state index contributed by atoms with van der Waals surface area (Å²) in [5, 5.41) is 0. The summed E-state index contributed by atoms with van der Waals surface area (Å²) in [6.07, 6.45) is 0. The Morgan fingerprint density at radius 1 is 1.50 bits per heavy atom. The molecule has 0 spiro atoms. The van der Waals surface area contributed by atoms with E-state index in [1.807, 2.05) is 0 Å². The Hall–Kier alpha value is 1.52. The topological polar surface area (TPSA) is 71.4 Å². The number of hydrogen-bond donors (Lipinski definition) is 1. The van der Waals surface area contributed by atoms with Crippen LogP contribution in [0.4, 0.5) is 0 Å². The van der Waals surface area contributed by atoms with E-state index in [-0.39, 0.29) is 54.2 Å². The van der Waals surface area contributed by atoms with Gasteiger partial charge in [-0.05, 0) is 0 Å². The molecule has 0 bridgehead atoms. The van der Waals surface area contributed by atoms with Crippen LogP contribution in [0.15, 0.2) is 0 Å². The van der Waals surface area contributed by atoms with E-state index in [2.05, 4.69) is 0 Å². The van der Waals surface area contributed by atoms with Crippen molar-refractivity contribution >= 4 is 0 Å². The Balaban J connectivity index is -0.0000000267. The van der Waals surface area contributed by atoms with Crippen LogP contribution >= 0.6 is 0 Å². The predicted octanol–water partition coefficient (Wildman–Crippen LogP) is -3.69. The molecule has 34 valence electrons. The molecule has 0 aromatic carbocycles. The molecule has 0 heterocycles. The van der Waals surface area contributed by atoms with E-state index in [1.165, 1.54) is 0 Å². The SMILES string of the molecule is [H+].[H-].[K+].[O]=[Mn](=[O])(=[O])[OH]. The molecule has 0 radical (unpaired) electrons. The zero-order chi connectivity index (χ0) is 4.50. The third-order valence-corrected chi connectivity index (χ3v) is 0. The van der Waals surface area contributed by atoms with Crippen molar-refractivity contribution in [3.63, 3.8) is 0 Å². The second-order valence-corrected chi connectivity index (χ2v) is 1.63. The monoisotopic (exact) mass is 161 g/mol. The van der Waals surface area contributed by atoms with Crippen molar-refractivity contribution in [3.8, 4) is 0 Å². The predicted molar refractivity (Wildman–Crippen MR) is 6.50 cm³/mol. The van der Waals surface area contributed by atoms with E-state index in [9.17, 15) is 0 Å². The van der Waals surface area contributed by atoms with Crippen molar-refractivity contribution in [2.24, 2.45) is 0 Å². The van der Waals surface area contributed by atoms with Crippen LogP contribution in [0.5, 0.6) is 0 Å². The van der Waals surface area contributed by atoms with Crippen LogP contribution < -0.4 is 51.4 Å². The van der Waals surface area contributed by atoms with Gasteiger partial charge in [0.25, 0.3) is 0 Å². The second-order valence-electron chi connectivity index (χ2n) is 0.396. The zero-order valence-corrected chi connectivity index (χ0v) is 7.35. The summed E-state index contributed by atoms with van der Waals surface area (Å²) in [5.41, 5.74) is 0. The normalized spacial score (nSPS) is 9.50. The fourth-order valence-electron chi connectivity index (χ4n) is 0. The summed E-state index contributed by atoms with van der Waals surface area (Å²) < 4.78 is 33.1. The van der Waals surface area contributed by atoms with Crippen LogP contribution in [-0.2, 0) is 24.5 Å². The number of rotatable bonds is 0. The standard InChI is InChI=1S/K.Mn.H2O.3O.H/h;;1H2;;;;/q2*+1;;;;;-1. The van der Waals surface area contributed by atoms with Gasteiger partial charge in [0.05, 0.1) is 0 Å². The molecule has 0 amide bonds. The molecule has 0 saturated heterocycles. The van der Waals surface area contributed by atoms with Crippen LogP contribution in [0.1, 0.15) is 2.85 Å². The molecule has 0 aliphatic heterocycles. The maximum atomic E-state index is 8.69. The van der Waals surface area contributed by atoms with Crippen molar-refractivity contribution in [1.82, 2.24) is 0 Å². The van der Waals surface area contributed by atoms with Crippen LogP contribution in [0.2, 0.25) is 0 Å². The summed E-state index contributed by atoms with van der Waals surface area (Å²) in [7, 11) is 0. The van der Waals surface area contributed by atoms with Gasteiger partial charge in [0.1, 0.15) is 0 Å². The summed E-state index contributed by atoms with van der Waals surface area (Å²) >= 11 is -5.38. The first-order valence-corrected chi connectivity index (χ1v) is 2.61. The van der Waals surface area contributed by atoms with E-state index in [4.69, 9.17) is 15.7 Å². The van der Waals surface area contributed by atoms with Crippen LogP contribution in [0.3, 0.4) is 0 Å². The Morgan fingerprint density at radius 3 is 1.50 bits per heavy atom. The van der Waals surface area contributed by atoms with Gasteiger partial charge in [-0.15, -0.1) is 0 Å². The summed E-state index contributed by atoms with van der Waals surface area (Å²) in [6, 6.07) is 0. The van der Waals surface area contributed by atoms with Crippen LogP contribution in [-0.4, -0.2) is 4.19 Å². The first-order chi connectivity index (χ1) is 2.00. The first kappa shape index (κ1) is 10.5. The van der Waals surface area contributed by atoms with Gasteiger partial charge >= 0.3 is 81.5 Å². The fourth-order valence-corrected chi connectivity index (χ4v) is 0. The molecule has 0 aliphatic rings. The summed E-state index contributed by atoms with van der Waals surface area (Å²) in [6.45, 7) is 0. The third kappa shape index (κ3) is 49.0. The van der Waals surface area contributed by atoms with Gasteiger partial charge in [-0.1, -0.05) is 0 Å². The summed E-state index contributed by atoms with van der Waals surface area (Å²) in [4.78, 5) is 0. The quantitative estimate of drug-likeness (QED) is 0.371. The van der Waals surface area contributed by atoms with Gasteiger partial charge in [-0.25, -0.2) is 0 Å². The average Bonchev–Trinajstić information content (AvgIpc) is 0.722. The van der Waals surface area contributed by atoms with Crippen molar-refractivity contribution in [2.75, 3.05) is 0 Å². The Labute approximate surface area is 81.5 Å². The number of hydrogen-bond acceptors (Lipinski definition) is 3. The molecule has 6 heteroatoms. The molecule has 0 fully saturated rings. The molecule has 0 aromatic rings. The molecule has 0 unspecified atom stereocenters. The molecule has 0 rings (SSSR count). The first-order valence-electron chi connectivity index (χ1n) is 0.632. The molecule has 0 aliphatic carbocycles. The molecular formula is H3KMnO4+. The van der Waals surface area contributed by atoms with Gasteiger partial charge < -0.3 is 1.43 Å². The molecule has 6 heavy (non-hydrogen) atoms. The minimum absolute atomic E-state index is 0. The van der Waals surface area contributed by atoms with Gasteiger partial charge in [0.2, 0.25) is 0 Å². The average molecular weight is 161 g/mol. The molecule has 0 aromatic heterocycles. The van der Waals surface area contributed by atoms with Gasteiger partial charge in [-0.2, -0.15) is 0 Å². The summed E-state index contributed by atoms with van der Waals surface area (Å²) in [5.74, 6) is 0. The van der Waals surface area contributed by atoms with Crippen LogP contribution in [0.25, 0.3) is 0 Å². The minimum atomic E-state index is -5.38. The van der Waals surface area contributed by atoms with Crippen molar-refractivity contribution in [2.45, 2.75) is 0 Å². The van der Waals surface area contributed by atoms with Crippen molar-refractivity contribution in [3.05, 3.63) is 0 Å². The zero-order valence-electron chi connectivity index (χ0n) is 5.05. The van der Waals surface area contributed by atoms with E-state index < -0.39 is 13.0 Å². The van der Waals surface area contributed by atoms with E-state index in [1.54, 1.807) is 0 Å². The molecule has 0 atom stereocenters. The fraction of sp³-hybridized carbons (Fsp3) is 0. The van der Waals surface area contributed by atoms with Gasteiger partial charge in [-0.3, -0.25) is 0 Å². The Kier molecular flexibility index (Phi) is 6.13. The third-order valence-electron chi connectivity index (χ3n) is 0. The molecule has 1 N–H and O–H groups in total. The van der Waals surface area contributed by atoms with E-state index in [0.717, 1.165) is 0 Å². The maximum absolute atomic E-state index is 8.69. The van der Waals surface area contributed by atoms with E-state index >= 15 is 0 Å². The van der Waals surface area contributed by atoms with Gasteiger partial charge in [0.15, 0.2) is 0 Å². The van der Waals surface area contributed by atoms with E-state index in [0.29, 0.717) is 0 Å². The molecule has 0 saturated carbocycles. The Morgan fingerprint density at radius 2 is 1.50 bits per heavy atom. The second kappa shape index (κ2) is 3.51. The Bertz CT molecular complexity index is 135. The molecular weight excluding hydrogens is 158 g/mol.